The van der Waals surface area contributed by atoms with Crippen molar-refractivity contribution >= 4 is 50.5 Å². The smallest absolute Gasteiger partial charge is 0.255 e. The van der Waals surface area contributed by atoms with E-state index in [1.165, 1.54) is 4.31 Å². The molecule has 3 aromatic rings. The van der Waals surface area contributed by atoms with Gasteiger partial charge in [-0.25, -0.2) is 8.42 Å². The third-order valence-corrected chi connectivity index (χ3v) is 6.91. The molecule has 3 rings (SSSR count). The van der Waals surface area contributed by atoms with Crippen LogP contribution >= 0.6 is 23.2 Å². The summed E-state index contributed by atoms with van der Waals surface area (Å²) >= 11 is 12.3. The van der Waals surface area contributed by atoms with Crippen LogP contribution in [0.15, 0.2) is 66.7 Å². The predicted octanol–water partition coefficient (Wildman–Crippen LogP) is 6.34. The lowest BCUT2D eigenvalue weighted by molar-refractivity contribution is 0.102. The lowest BCUT2D eigenvalue weighted by Gasteiger charge is -2.24. The number of anilines is 2. The number of carbonyl (C=O) groups is 1. The van der Waals surface area contributed by atoms with Crippen molar-refractivity contribution in [3.05, 3.63) is 93.5 Å². The zero-order valence-corrected chi connectivity index (χ0v) is 20.3. The highest BCUT2D eigenvalue weighted by Crippen LogP contribution is 2.34. The molecule has 32 heavy (non-hydrogen) atoms. The van der Waals surface area contributed by atoms with E-state index in [9.17, 15) is 13.2 Å². The summed E-state index contributed by atoms with van der Waals surface area (Å²) in [6, 6.07) is 19.3. The molecule has 168 valence electrons. The fraction of sp³-hybridized carbons (Fsp3) is 0.208. The normalized spacial score (nSPS) is 11.4. The number of sulfonamides is 1. The molecule has 1 amide bonds. The van der Waals surface area contributed by atoms with Crippen LogP contribution in [0.25, 0.3) is 0 Å². The van der Waals surface area contributed by atoms with Crippen molar-refractivity contribution in [3.8, 4) is 0 Å². The van der Waals surface area contributed by atoms with Crippen molar-refractivity contribution in [1.82, 2.24) is 0 Å². The van der Waals surface area contributed by atoms with Gasteiger partial charge in [0.2, 0.25) is 10.0 Å². The van der Waals surface area contributed by atoms with E-state index in [4.69, 9.17) is 23.2 Å². The van der Waals surface area contributed by atoms with Gasteiger partial charge in [0, 0.05) is 11.3 Å². The van der Waals surface area contributed by atoms with Crippen molar-refractivity contribution in [3.63, 3.8) is 0 Å². The Morgan fingerprint density at radius 2 is 1.62 bits per heavy atom. The minimum absolute atomic E-state index is 0.0526. The largest absolute Gasteiger partial charge is 0.322 e. The summed E-state index contributed by atoms with van der Waals surface area (Å²) in [6.45, 7) is 4.19. The zero-order chi connectivity index (χ0) is 23.5. The van der Waals surface area contributed by atoms with Crippen LogP contribution in [-0.2, 0) is 16.6 Å². The minimum atomic E-state index is -3.62. The second-order valence-corrected chi connectivity index (χ2v) is 10.4. The summed E-state index contributed by atoms with van der Waals surface area (Å²) in [4.78, 5) is 12.7. The third kappa shape index (κ3) is 5.63. The molecule has 0 saturated carbocycles. The van der Waals surface area contributed by atoms with Crippen LogP contribution in [0, 0.1) is 0 Å². The van der Waals surface area contributed by atoms with E-state index in [1.807, 2.05) is 24.3 Å². The monoisotopic (exact) mass is 490 g/mol. The van der Waals surface area contributed by atoms with Gasteiger partial charge in [0.05, 0.1) is 28.5 Å². The number of benzene rings is 3. The molecule has 0 saturated heterocycles. The maximum Gasteiger partial charge on any atom is 0.255 e. The summed E-state index contributed by atoms with van der Waals surface area (Å²) in [6.07, 6.45) is 1.11. The van der Waals surface area contributed by atoms with Crippen molar-refractivity contribution in [2.75, 3.05) is 15.9 Å². The van der Waals surface area contributed by atoms with Gasteiger partial charge in [-0.15, -0.1) is 0 Å². The fourth-order valence-corrected chi connectivity index (χ4v) is 4.64. The topological polar surface area (TPSA) is 66.5 Å². The minimum Gasteiger partial charge on any atom is -0.322 e. The fourth-order valence-electron chi connectivity index (χ4n) is 3.30. The van der Waals surface area contributed by atoms with Crippen LogP contribution < -0.4 is 9.62 Å². The maximum absolute atomic E-state index is 12.7. The molecule has 0 unspecified atom stereocenters. The van der Waals surface area contributed by atoms with Crippen molar-refractivity contribution < 1.29 is 13.2 Å². The highest BCUT2D eigenvalue weighted by Gasteiger charge is 2.22. The summed E-state index contributed by atoms with van der Waals surface area (Å²) in [5, 5.41) is 3.39. The lowest BCUT2D eigenvalue weighted by atomic mass is 10.0. The average molecular weight is 491 g/mol. The quantitative estimate of drug-likeness (QED) is 0.420. The molecular weight excluding hydrogens is 467 g/mol. The van der Waals surface area contributed by atoms with E-state index in [2.05, 4.69) is 19.2 Å². The molecule has 8 heteroatoms. The Hall–Kier alpha value is -2.54. The number of rotatable bonds is 7. The third-order valence-electron chi connectivity index (χ3n) is 4.97. The van der Waals surface area contributed by atoms with Crippen LogP contribution in [0.4, 0.5) is 11.4 Å². The Labute approximate surface area is 199 Å². The second-order valence-electron chi connectivity index (χ2n) is 7.74. The van der Waals surface area contributed by atoms with Crippen LogP contribution in [0.2, 0.25) is 10.0 Å². The Bertz CT molecular complexity index is 1230. The number of nitrogens with one attached hydrogen (secondary N) is 1. The van der Waals surface area contributed by atoms with E-state index >= 15 is 0 Å². The number of amides is 1. The standard InChI is InChI=1S/C24H24Cl2N2O3S/c1-16(2)19-7-4-5-9-21(19)27-24(29)18-13-11-17(12-14-18)15-28(32(3,30)31)22-10-6-8-20(25)23(22)26/h4-14,16H,15H2,1-3H3,(H,27,29). The van der Waals surface area contributed by atoms with Gasteiger partial charge in [-0.3, -0.25) is 9.10 Å². The number of para-hydroxylation sites is 1. The molecular formula is C24H24Cl2N2O3S. The number of hydrogen-bond donors (Lipinski definition) is 1. The van der Waals surface area contributed by atoms with Gasteiger partial charge in [0.15, 0.2) is 0 Å². The molecule has 0 radical (unpaired) electrons. The highest BCUT2D eigenvalue weighted by atomic mass is 35.5. The number of carbonyl (C=O) groups excluding carboxylic acids is 1. The van der Waals surface area contributed by atoms with Crippen LogP contribution in [0.3, 0.4) is 0 Å². The highest BCUT2D eigenvalue weighted by molar-refractivity contribution is 7.92. The van der Waals surface area contributed by atoms with E-state index in [1.54, 1.807) is 42.5 Å². The zero-order valence-electron chi connectivity index (χ0n) is 18.0. The average Bonchev–Trinajstić information content (AvgIpc) is 2.74. The van der Waals surface area contributed by atoms with Crippen LogP contribution in [0.1, 0.15) is 41.3 Å². The number of hydrogen-bond acceptors (Lipinski definition) is 3. The van der Waals surface area contributed by atoms with Gasteiger partial charge in [0.1, 0.15) is 0 Å². The van der Waals surface area contributed by atoms with E-state index in [-0.39, 0.29) is 28.4 Å². The van der Waals surface area contributed by atoms with Crippen LogP contribution in [-0.4, -0.2) is 20.6 Å². The molecule has 0 aromatic heterocycles. The van der Waals surface area contributed by atoms with Crippen LogP contribution in [0.5, 0.6) is 0 Å². The maximum atomic E-state index is 12.7. The molecule has 0 atom stereocenters. The first-order valence-electron chi connectivity index (χ1n) is 9.99. The van der Waals surface area contributed by atoms with Gasteiger partial charge in [-0.05, 0) is 47.4 Å². The van der Waals surface area contributed by atoms with Gasteiger partial charge < -0.3 is 5.32 Å². The number of nitrogens with zero attached hydrogens (tertiary/aromatic N) is 1. The Balaban J connectivity index is 1.81. The molecule has 3 aromatic carbocycles. The molecule has 0 spiro atoms. The number of halogens is 2. The Kier molecular flexibility index (Phi) is 7.49. The van der Waals surface area contributed by atoms with Gasteiger partial charge in [-0.2, -0.15) is 0 Å². The Morgan fingerprint density at radius 1 is 0.969 bits per heavy atom. The summed E-state index contributed by atoms with van der Waals surface area (Å²) in [7, 11) is -3.62. The molecule has 0 aliphatic heterocycles. The molecule has 0 bridgehead atoms. The van der Waals surface area contributed by atoms with E-state index < -0.39 is 10.0 Å². The van der Waals surface area contributed by atoms with Crippen molar-refractivity contribution in [2.24, 2.45) is 0 Å². The lowest BCUT2D eigenvalue weighted by Crippen LogP contribution is -2.29. The first-order valence-corrected chi connectivity index (χ1v) is 12.6. The van der Waals surface area contributed by atoms with Gasteiger partial charge >= 0.3 is 0 Å². The summed E-state index contributed by atoms with van der Waals surface area (Å²) < 4.78 is 26.0. The first-order chi connectivity index (χ1) is 15.1. The summed E-state index contributed by atoms with van der Waals surface area (Å²) in [5.41, 5.74) is 3.30. The second kappa shape index (κ2) is 9.94. The van der Waals surface area contributed by atoms with Crippen molar-refractivity contribution in [2.45, 2.75) is 26.3 Å². The first kappa shape index (κ1) is 24.1. The molecule has 0 aliphatic carbocycles. The Morgan fingerprint density at radius 3 is 2.25 bits per heavy atom. The molecule has 0 heterocycles. The summed E-state index contributed by atoms with van der Waals surface area (Å²) in [5.74, 6) is 0.0386. The molecule has 5 nitrogen and oxygen atoms in total. The predicted molar refractivity (Wildman–Crippen MR) is 132 cm³/mol. The SMILES string of the molecule is CC(C)c1ccccc1NC(=O)c1ccc(CN(c2cccc(Cl)c2Cl)S(C)(=O)=O)cc1. The van der Waals surface area contributed by atoms with Crippen molar-refractivity contribution in [1.29, 1.82) is 0 Å². The van der Waals surface area contributed by atoms with E-state index in [0.29, 0.717) is 16.8 Å². The molecule has 0 aliphatic rings. The van der Waals surface area contributed by atoms with Gasteiger partial charge in [-0.1, -0.05) is 73.4 Å². The van der Waals surface area contributed by atoms with Gasteiger partial charge in [0.25, 0.3) is 5.91 Å². The van der Waals surface area contributed by atoms with E-state index in [0.717, 1.165) is 17.5 Å². The molecule has 1 N–H and O–H groups in total. The molecule has 0 fully saturated rings.